The van der Waals surface area contributed by atoms with Crippen LogP contribution in [0.5, 0.6) is 5.75 Å². The minimum Gasteiger partial charge on any atom is -0.497 e. The Kier molecular flexibility index (Phi) is 6.13. The number of hydrogen-bond acceptors (Lipinski definition) is 5. The fourth-order valence-electron chi connectivity index (χ4n) is 1.92. The zero-order chi connectivity index (χ0) is 17.4. The van der Waals surface area contributed by atoms with Gasteiger partial charge in [0.1, 0.15) is 12.3 Å². The van der Waals surface area contributed by atoms with Gasteiger partial charge < -0.3 is 19.4 Å². The number of aromatic nitrogens is 1. The molecular formula is C17H18N2O5. The summed E-state index contributed by atoms with van der Waals surface area (Å²) in [6.45, 7) is -0.305. The van der Waals surface area contributed by atoms with Gasteiger partial charge in [-0.2, -0.15) is 0 Å². The van der Waals surface area contributed by atoms with E-state index in [1.165, 1.54) is 16.8 Å². The number of benzene rings is 1. The maximum atomic E-state index is 11.7. The molecule has 0 saturated carbocycles. The number of carbonyl (C=O) groups excluding carboxylic acids is 2. The number of nitrogens with zero attached hydrogens (tertiary/aromatic N) is 1. The van der Waals surface area contributed by atoms with Crippen LogP contribution in [0.15, 0.2) is 53.5 Å². The van der Waals surface area contributed by atoms with Crippen molar-refractivity contribution in [2.24, 2.45) is 0 Å². The number of methoxy groups -OCH3 is 1. The fourth-order valence-corrected chi connectivity index (χ4v) is 1.92. The Balaban J connectivity index is 1.73. The quantitative estimate of drug-likeness (QED) is 0.756. The molecule has 2 aromatic rings. The molecule has 0 unspecified atom stereocenters. The number of nitrogens with one attached hydrogen (secondary N) is 1. The van der Waals surface area contributed by atoms with E-state index in [-0.39, 0.29) is 12.1 Å². The van der Waals surface area contributed by atoms with Gasteiger partial charge in [0.2, 0.25) is 0 Å². The normalized spacial score (nSPS) is 10.0. The highest BCUT2D eigenvalue weighted by Gasteiger charge is 2.09. The Morgan fingerprint density at radius 3 is 2.54 bits per heavy atom. The maximum absolute atomic E-state index is 11.7. The maximum Gasteiger partial charge on any atom is 0.326 e. The van der Waals surface area contributed by atoms with Crippen LogP contribution in [0.25, 0.3) is 0 Å². The van der Waals surface area contributed by atoms with Crippen LogP contribution in [-0.4, -0.2) is 30.2 Å². The number of amides is 1. The summed E-state index contributed by atoms with van der Waals surface area (Å²) in [7, 11) is 1.58. The standard InChI is InChI=1S/C17H18N2O5/c1-23-14-7-5-13(6-8-14)10-18-15(20)12-24-17(22)11-19-9-3-2-4-16(19)21/h2-9H,10-12H2,1H3,(H,18,20). The molecule has 0 radical (unpaired) electrons. The average molecular weight is 330 g/mol. The van der Waals surface area contributed by atoms with E-state index in [0.717, 1.165) is 11.3 Å². The van der Waals surface area contributed by atoms with Gasteiger partial charge in [0.15, 0.2) is 6.61 Å². The summed E-state index contributed by atoms with van der Waals surface area (Å²) >= 11 is 0. The molecule has 0 aliphatic rings. The number of pyridine rings is 1. The van der Waals surface area contributed by atoms with E-state index >= 15 is 0 Å². The van der Waals surface area contributed by atoms with E-state index in [1.807, 2.05) is 12.1 Å². The lowest BCUT2D eigenvalue weighted by Crippen LogP contribution is -2.30. The number of ether oxygens (including phenoxy) is 2. The summed E-state index contributed by atoms with van der Waals surface area (Å²) in [4.78, 5) is 34.8. The van der Waals surface area contributed by atoms with Crippen molar-refractivity contribution in [3.63, 3.8) is 0 Å². The van der Waals surface area contributed by atoms with Gasteiger partial charge in [0.05, 0.1) is 7.11 Å². The van der Waals surface area contributed by atoms with Crippen LogP contribution in [0.1, 0.15) is 5.56 Å². The number of carbonyl (C=O) groups is 2. The van der Waals surface area contributed by atoms with Crippen LogP contribution in [0.3, 0.4) is 0 Å². The van der Waals surface area contributed by atoms with Gasteiger partial charge in [-0.25, -0.2) is 0 Å². The third kappa shape index (κ3) is 5.28. The zero-order valence-corrected chi connectivity index (χ0v) is 13.2. The first-order valence-electron chi connectivity index (χ1n) is 7.29. The smallest absolute Gasteiger partial charge is 0.326 e. The van der Waals surface area contributed by atoms with E-state index in [4.69, 9.17) is 9.47 Å². The number of rotatable bonds is 7. The van der Waals surface area contributed by atoms with Crippen molar-refractivity contribution in [1.29, 1.82) is 0 Å². The van der Waals surface area contributed by atoms with Crippen LogP contribution >= 0.6 is 0 Å². The van der Waals surface area contributed by atoms with Crippen LogP contribution in [0.2, 0.25) is 0 Å². The second-order valence-corrected chi connectivity index (χ2v) is 4.95. The van der Waals surface area contributed by atoms with Crippen molar-refractivity contribution >= 4 is 11.9 Å². The highest BCUT2D eigenvalue weighted by atomic mass is 16.5. The summed E-state index contributed by atoms with van der Waals surface area (Å²) in [5, 5.41) is 2.64. The SMILES string of the molecule is COc1ccc(CNC(=O)COC(=O)Cn2ccccc2=O)cc1. The lowest BCUT2D eigenvalue weighted by molar-refractivity contribution is -0.149. The highest BCUT2D eigenvalue weighted by Crippen LogP contribution is 2.10. The highest BCUT2D eigenvalue weighted by molar-refractivity contribution is 5.80. The molecule has 0 bridgehead atoms. The second-order valence-electron chi connectivity index (χ2n) is 4.95. The molecule has 1 amide bonds. The molecule has 0 aliphatic heterocycles. The molecule has 0 spiro atoms. The lowest BCUT2D eigenvalue weighted by atomic mass is 10.2. The van der Waals surface area contributed by atoms with Gasteiger partial charge in [0, 0.05) is 18.8 Å². The molecule has 7 heteroatoms. The van der Waals surface area contributed by atoms with Gasteiger partial charge in [-0.1, -0.05) is 18.2 Å². The predicted octanol–water partition coefficient (Wildman–Crippen LogP) is 0.716. The summed E-state index contributed by atoms with van der Waals surface area (Å²) < 4.78 is 11.1. The summed E-state index contributed by atoms with van der Waals surface area (Å²) in [5.41, 5.74) is 0.588. The van der Waals surface area contributed by atoms with Crippen LogP contribution in [0.4, 0.5) is 0 Å². The van der Waals surface area contributed by atoms with Gasteiger partial charge in [0.25, 0.3) is 11.5 Å². The fraction of sp³-hybridized carbons (Fsp3) is 0.235. The minimum atomic E-state index is -0.650. The molecule has 0 fully saturated rings. The third-order valence-electron chi connectivity index (χ3n) is 3.21. The van der Waals surface area contributed by atoms with Crippen molar-refractivity contribution in [2.75, 3.05) is 13.7 Å². The van der Waals surface area contributed by atoms with E-state index in [2.05, 4.69) is 5.32 Å². The molecular weight excluding hydrogens is 312 g/mol. The Morgan fingerprint density at radius 2 is 1.88 bits per heavy atom. The molecule has 0 saturated heterocycles. The van der Waals surface area contributed by atoms with Crippen LogP contribution < -0.4 is 15.6 Å². The number of hydrogen-bond donors (Lipinski definition) is 1. The monoisotopic (exact) mass is 330 g/mol. The molecule has 0 aliphatic carbocycles. The Labute approximate surface area is 138 Å². The first-order valence-corrected chi connectivity index (χ1v) is 7.29. The molecule has 1 aromatic carbocycles. The van der Waals surface area contributed by atoms with E-state index in [9.17, 15) is 14.4 Å². The first-order chi connectivity index (χ1) is 11.6. The van der Waals surface area contributed by atoms with E-state index in [0.29, 0.717) is 6.54 Å². The molecule has 2 rings (SSSR count). The molecule has 1 aromatic heterocycles. The van der Waals surface area contributed by atoms with Gasteiger partial charge in [-0.3, -0.25) is 14.4 Å². The Hall–Kier alpha value is -3.09. The van der Waals surface area contributed by atoms with Crippen molar-refractivity contribution in [1.82, 2.24) is 9.88 Å². The molecule has 1 heterocycles. The topological polar surface area (TPSA) is 86.6 Å². The second kappa shape index (κ2) is 8.52. The van der Waals surface area contributed by atoms with Crippen molar-refractivity contribution in [3.8, 4) is 5.75 Å². The molecule has 126 valence electrons. The van der Waals surface area contributed by atoms with Gasteiger partial charge in [-0.15, -0.1) is 0 Å². The lowest BCUT2D eigenvalue weighted by Gasteiger charge is -2.08. The van der Waals surface area contributed by atoms with Crippen LogP contribution in [-0.2, 0) is 27.4 Å². The average Bonchev–Trinajstić information content (AvgIpc) is 2.60. The largest absolute Gasteiger partial charge is 0.497 e. The van der Waals surface area contributed by atoms with Crippen molar-refractivity contribution < 1.29 is 19.1 Å². The molecule has 7 nitrogen and oxygen atoms in total. The van der Waals surface area contributed by atoms with Crippen LogP contribution in [0, 0.1) is 0 Å². The number of esters is 1. The Bertz CT molecular complexity index is 752. The third-order valence-corrected chi connectivity index (χ3v) is 3.21. The minimum absolute atomic E-state index is 0.231. The molecule has 24 heavy (non-hydrogen) atoms. The Morgan fingerprint density at radius 1 is 1.12 bits per heavy atom. The zero-order valence-electron chi connectivity index (χ0n) is 13.2. The van der Waals surface area contributed by atoms with Crippen molar-refractivity contribution in [3.05, 3.63) is 64.6 Å². The van der Waals surface area contributed by atoms with Gasteiger partial charge in [-0.05, 0) is 23.8 Å². The summed E-state index contributed by atoms with van der Waals surface area (Å²) in [6, 6.07) is 11.8. The summed E-state index contributed by atoms with van der Waals surface area (Å²) in [6.07, 6.45) is 1.48. The molecule has 0 atom stereocenters. The van der Waals surface area contributed by atoms with Crippen molar-refractivity contribution in [2.45, 2.75) is 13.1 Å². The van der Waals surface area contributed by atoms with Gasteiger partial charge >= 0.3 is 5.97 Å². The van der Waals surface area contributed by atoms with E-state index < -0.39 is 18.5 Å². The van der Waals surface area contributed by atoms with E-state index in [1.54, 1.807) is 31.4 Å². The molecule has 1 N–H and O–H groups in total. The summed E-state index contributed by atoms with van der Waals surface area (Å²) in [5.74, 6) is -0.336. The predicted molar refractivity (Wildman–Crippen MR) is 86.5 cm³/mol. The first kappa shape index (κ1) is 17.3.